The molecule has 0 amide bonds. The van der Waals surface area contributed by atoms with Gasteiger partial charge in [0, 0.05) is 5.56 Å². The lowest BCUT2D eigenvalue weighted by atomic mass is 9.91. The molecule has 0 aromatic heterocycles. The summed E-state index contributed by atoms with van der Waals surface area (Å²) >= 11 is 0. The summed E-state index contributed by atoms with van der Waals surface area (Å²) in [4.78, 5) is 0. The van der Waals surface area contributed by atoms with E-state index in [1.165, 1.54) is 0 Å². The van der Waals surface area contributed by atoms with E-state index in [-0.39, 0.29) is 11.7 Å². The van der Waals surface area contributed by atoms with Crippen LogP contribution < -0.4 is 4.74 Å². The van der Waals surface area contributed by atoms with Crippen LogP contribution in [0.3, 0.4) is 0 Å². The van der Waals surface area contributed by atoms with Crippen LogP contribution in [-0.2, 0) is 0 Å². The summed E-state index contributed by atoms with van der Waals surface area (Å²) in [6, 6.07) is 5.37. The van der Waals surface area contributed by atoms with Gasteiger partial charge in [0.2, 0.25) is 0 Å². The van der Waals surface area contributed by atoms with Crippen molar-refractivity contribution in [1.29, 1.82) is 0 Å². The predicted octanol–water partition coefficient (Wildman–Crippen LogP) is 2.81. The van der Waals surface area contributed by atoms with Gasteiger partial charge in [-0.15, -0.1) is 0 Å². The van der Waals surface area contributed by atoms with Gasteiger partial charge < -0.3 is 20.1 Å². The maximum atomic E-state index is 10.2. The van der Waals surface area contributed by atoms with Gasteiger partial charge in [-0.25, -0.2) is 0 Å². The van der Waals surface area contributed by atoms with E-state index in [0.29, 0.717) is 25.2 Å². The van der Waals surface area contributed by atoms with Crippen LogP contribution in [0.2, 0.25) is 0 Å². The summed E-state index contributed by atoms with van der Waals surface area (Å²) in [5.41, 5.74) is 0.735. The fourth-order valence-electron chi connectivity index (χ4n) is 2.34. The number of rotatable bonds is 8. The van der Waals surface area contributed by atoms with E-state index in [2.05, 4.69) is 0 Å². The van der Waals surface area contributed by atoms with Gasteiger partial charge in [-0.1, -0.05) is 32.4 Å². The van der Waals surface area contributed by atoms with Gasteiger partial charge in [0.25, 0.3) is 0 Å². The smallest absolute Gasteiger partial charge is 0.161 e. The molecule has 0 bridgehead atoms. The lowest BCUT2D eigenvalue weighted by Gasteiger charge is -2.22. The van der Waals surface area contributed by atoms with Crippen molar-refractivity contribution >= 4 is 0 Å². The summed E-state index contributed by atoms with van der Waals surface area (Å²) < 4.78 is 5.36. The Balaban J connectivity index is 2.76. The van der Waals surface area contributed by atoms with Crippen LogP contribution >= 0.6 is 0 Å². The van der Waals surface area contributed by atoms with Crippen molar-refractivity contribution in [2.75, 3.05) is 6.61 Å². The van der Waals surface area contributed by atoms with Crippen molar-refractivity contribution in [2.24, 2.45) is 0 Å². The Morgan fingerprint density at radius 3 is 2.45 bits per heavy atom. The third-order valence-corrected chi connectivity index (χ3v) is 3.48. The quantitative estimate of drug-likeness (QED) is 0.685. The Hall–Kier alpha value is -1.26. The second-order valence-corrected chi connectivity index (χ2v) is 5.19. The molecule has 1 rings (SSSR count). The first-order chi connectivity index (χ1) is 9.51. The van der Waals surface area contributed by atoms with Crippen LogP contribution in [0, 0.1) is 0 Å². The molecule has 4 heteroatoms. The third kappa shape index (κ3) is 4.39. The van der Waals surface area contributed by atoms with Crippen LogP contribution in [0.1, 0.15) is 51.5 Å². The molecule has 0 saturated carbocycles. The minimum atomic E-state index is -0.778. The molecule has 0 aliphatic rings. The maximum Gasteiger partial charge on any atom is 0.161 e. The lowest BCUT2D eigenvalue weighted by Crippen LogP contribution is -2.27. The van der Waals surface area contributed by atoms with E-state index >= 15 is 0 Å². The van der Waals surface area contributed by atoms with Crippen molar-refractivity contribution in [3.63, 3.8) is 0 Å². The molecule has 20 heavy (non-hydrogen) atoms. The molecule has 4 nitrogen and oxygen atoms in total. The number of hydrogen-bond acceptors (Lipinski definition) is 4. The number of aromatic hydroxyl groups is 1. The Kier molecular flexibility index (Phi) is 6.82. The van der Waals surface area contributed by atoms with Crippen molar-refractivity contribution in [3.05, 3.63) is 23.8 Å². The molecule has 0 spiro atoms. The van der Waals surface area contributed by atoms with Crippen molar-refractivity contribution < 1.29 is 20.1 Å². The molecule has 0 fully saturated rings. The molecule has 0 aliphatic heterocycles. The fourth-order valence-corrected chi connectivity index (χ4v) is 2.34. The van der Waals surface area contributed by atoms with Crippen molar-refractivity contribution in [2.45, 2.75) is 58.2 Å². The highest BCUT2D eigenvalue weighted by Gasteiger charge is 2.21. The number of benzene rings is 1. The maximum absolute atomic E-state index is 10.2. The minimum absolute atomic E-state index is 0.0584. The standard InChI is InChI=1S/C16H26O4/c1-4-7-13(17)14(18)10-11(3)12-8-6-9-15(16(12)19)20-5-2/h6,8-9,11,13-14,17-19H,4-5,7,10H2,1-3H3. The van der Waals surface area contributed by atoms with Crippen LogP contribution in [0.5, 0.6) is 11.5 Å². The van der Waals surface area contributed by atoms with Gasteiger partial charge in [0.1, 0.15) is 0 Å². The molecule has 114 valence electrons. The third-order valence-electron chi connectivity index (χ3n) is 3.48. The summed E-state index contributed by atoms with van der Waals surface area (Å²) in [6.45, 7) is 6.24. The average molecular weight is 282 g/mol. The number of aliphatic hydroxyl groups is 2. The number of aliphatic hydroxyl groups excluding tert-OH is 2. The molecule has 3 unspecified atom stereocenters. The van der Waals surface area contributed by atoms with Crippen molar-refractivity contribution in [3.8, 4) is 11.5 Å². The molecule has 1 aromatic rings. The second-order valence-electron chi connectivity index (χ2n) is 5.19. The zero-order valence-electron chi connectivity index (χ0n) is 12.5. The van der Waals surface area contributed by atoms with E-state index in [1.807, 2.05) is 32.9 Å². The first kappa shape index (κ1) is 16.8. The molecule has 3 N–H and O–H groups in total. The number of ether oxygens (including phenoxy) is 1. The van der Waals surface area contributed by atoms with Gasteiger partial charge in [-0.3, -0.25) is 0 Å². The van der Waals surface area contributed by atoms with Crippen LogP contribution in [0.15, 0.2) is 18.2 Å². The van der Waals surface area contributed by atoms with Crippen LogP contribution in [0.4, 0.5) is 0 Å². The van der Waals surface area contributed by atoms with Gasteiger partial charge in [0.15, 0.2) is 11.5 Å². The van der Waals surface area contributed by atoms with Crippen molar-refractivity contribution in [1.82, 2.24) is 0 Å². The zero-order valence-corrected chi connectivity index (χ0v) is 12.5. The predicted molar refractivity (Wildman–Crippen MR) is 79.2 cm³/mol. The van der Waals surface area contributed by atoms with Gasteiger partial charge in [0.05, 0.1) is 18.8 Å². The van der Waals surface area contributed by atoms with E-state index in [0.717, 1.165) is 12.0 Å². The van der Waals surface area contributed by atoms with Crippen LogP contribution in [0.25, 0.3) is 0 Å². The number of hydrogen-bond donors (Lipinski definition) is 3. The normalized spacial score (nSPS) is 15.7. The Bertz CT molecular complexity index is 405. The zero-order chi connectivity index (χ0) is 15.1. The second kappa shape index (κ2) is 8.12. The van der Waals surface area contributed by atoms with E-state index in [4.69, 9.17) is 4.74 Å². The highest BCUT2D eigenvalue weighted by molar-refractivity contribution is 5.46. The van der Waals surface area contributed by atoms with Gasteiger partial charge in [-0.05, 0) is 31.7 Å². The summed E-state index contributed by atoms with van der Waals surface area (Å²) in [5, 5.41) is 29.9. The number of phenolic OH excluding ortho intramolecular Hbond substituents is 1. The Morgan fingerprint density at radius 2 is 1.85 bits per heavy atom. The fraction of sp³-hybridized carbons (Fsp3) is 0.625. The monoisotopic (exact) mass is 282 g/mol. The number of para-hydroxylation sites is 1. The van der Waals surface area contributed by atoms with E-state index < -0.39 is 12.2 Å². The Morgan fingerprint density at radius 1 is 1.15 bits per heavy atom. The summed E-state index contributed by atoms with van der Waals surface area (Å²) in [7, 11) is 0. The first-order valence-corrected chi connectivity index (χ1v) is 7.32. The molecule has 0 aliphatic carbocycles. The number of phenols is 1. The molecular weight excluding hydrogens is 256 g/mol. The molecule has 0 saturated heterocycles. The average Bonchev–Trinajstić information content (AvgIpc) is 2.41. The highest BCUT2D eigenvalue weighted by Crippen LogP contribution is 2.36. The summed E-state index contributed by atoms with van der Waals surface area (Å²) in [5.74, 6) is 0.524. The molecular formula is C16H26O4. The molecule has 3 atom stereocenters. The highest BCUT2D eigenvalue weighted by atomic mass is 16.5. The largest absolute Gasteiger partial charge is 0.504 e. The van der Waals surface area contributed by atoms with E-state index in [9.17, 15) is 15.3 Å². The molecule has 0 heterocycles. The lowest BCUT2D eigenvalue weighted by molar-refractivity contribution is 0.00627. The van der Waals surface area contributed by atoms with Gasteiger partial charge in [-0.2, -0.15) is 0 Å². The Labute approximate surface area is 121 Å². The van der Waals surface area contributed by atoms with E-state index in [1.54, 1.807) is 6.07 Å². The molecule has 1 aromatic carbocycles. The molecule has 0 radical (unpaired) electrons. The van der Waals surface area contributed by atoms with Gasteiger partial charge >= 0.3 is 0 Å². The van der Waals surface area contributed by atoms with Crippen LogP contribution in [-0.4, -0.2) is 34.1 Å². The minimum Gasteiger partial charge on any atom is -0.504 e. The summed E-state index contributed by atoms with van der Waals surface area (Å²) in [6.07, 6.45) is 0.334. The SMILES string of the molecule is CCCC(O)C(O)CC(C)c1cccc(OCC)c1O. The topological polar surface area (TPSA) is 69.9 Å². The first-order valence-electron chi connectivity index (χ1n) is 7.32.